The monoisotopic (exact) mass is 434 g/mol. The summed E-state index contributed by atoms with van der Waals surface area (Å²) in [6.45, 7) is 0. The van der Waals surface area contributed by atoms with Crippen molar-refractivity contribution in [1.29, 1.82) is 0 Å². The highest BCUT2D eigenvalue weighted by atomic mass is 16.5. The van der Waals surface area contributed by atoms with Gasteiger partial charge < -0.3 is 19.7 Å². The fourth-order valence-electron chi connectivity index (χ4n) is 2.99. The van der Waals surface area contributed by atoms with Crippen molar-refractivity contribution in [3.63, 3.8) is 0 Å². The molecule has 0 aliphatic rings. The zero-order valence-electron chi connectivity index (χ0n) is 17.1. The molecule has 0 spiro atoms. The summed E-state index contributed by atoms with van der Waals surface area (Å²) in [4.78, 5) is 51.1. The third-order valence-corrected chi connectivity index (χ3v) is 4.68. The molecule has 162 valence electrons. The minimum absolute atomic E-state index is 0.0207. The van der Waals surface area contributed by atoms with E-state index in [9.17, 15) is 29.4 Å². The molecule has 0 unspecified atom stereocenters. The molecular formula is C24H18O8. The highest BCUT2D eigenvalue weighted by Gasteiger charge is 2.28. The summed E-state index contributed by atoms with van der Waals surface area (Å²) in [5.41, 5.74) is -0.404. The SMILES string of the molecule is COc1cc(OC)c(C(=O)C(=O)c2ccc(O)cc2)cc1C(=O)C(=O)c1ccc(O)cc1. The molecule has 0 aliphatic heterocycles. The van der Waals surface area contributed by atoms with Crippen molar-refractivity contribution in [3.05, 3.63) is 82.9 Å². The van der Waals surface area contributed by atoms with Crippen LogP contribution in [0.2, 0.25) is 0 Å². The van der Waals surface area contributed by atoms with E-state index in [1.807, 2.05) is 0 Å². The van der Waals surface area contributed by atoms with E-state index in [2.05, 4.69) is 0 Å². The van der Waals surface area contributed by atoms with E-state index in [1.165, 1.54) is 68.8 Å². The number of phenols is 2. The van der Waals surface area contributed by atoms with Crippen molar-refractivity contribution in [2.45, 2.75) is 0 Å². The molecule has 0 heterocycles. The molecule has 8 heteroatoms. The van der Waals surface area contributed by atoms with Gasteiger partial charge in [-0.15, -0.1) is 0 Å². The molecule has 32 heavy (non-hydrogen) atoms. The summed E-state index contributed by atoms with van der Waals surface area (Å²) in [7, 11) is 2.55. The average Bonchev–Trinajstić information content (AvgIpc) is 2.82. The van der Waals surface area contributed by atoms with Crippen LogP contribution in [0.25, 0.3) is 0 Å². The number of methoxy groups -OCH3 is 2. The lowest BCUT2D eigenvalue weighted by Gasteiger charge is -2.13. The first kappa shape index (κ1) is 22.2. The number of ether oxygens (including phenoxy) is 2. The predicted molar refractivity (Wildman–Crippen MR) is 113 cm³/mol. The average molecular weight is 434 g/mol. The molecule has 0 bridgehead atoms. The maximum atomic E-state index is 12.9. The van der Waals surface area contributed by atoms with Crippen molar-refractivity contribution in [3.8, 4) is 23.0 Å². The van der Waals surface area contributed by atoms with Crippen LogP contribution in [0.1, 0.15) is 41.4 Å². The van der Waals surface area contributed by atoms with Crippen LogP contribution in [0.15, 0.2) is 60.7 Å². The summed E-state index contributed by atoms with van der Waals surface area (Å²) in [6, 6.07) is 12.5. The molecule has 3 aromatic rings. The van der Waals surface area contributed by atoms with Gasteiger partial charge in [-0.1, -0.05) is 0 Å². The first-order valence-corrected chi connectivity index (χ1v) is 9.29. The van der Waals surface area contributed by atoms with E-state index >= 15 is 0 Å². The van der Waals surface area contributed by atoms with Crippen molar-refractivity contribution in [2.75, 3.05) is 14.2 Å². The van der Waals surface area contributed by atoms with Crippen LogP contribution in [0.3, 0.4) is 0 Å². The Hall–Kier alpha value is -4.46. The Bertz CT molecular complexity index is 1120. The quantitative estimate of drug-likeness (QED) is 0.409. The van der Waals surface area contributed by atoms with Gasteiger partial charge in [-0.25, -0.2) is 0 Å². The maximum Gasteiger partial charge on any atom is 0.237 e. The van der Waals surface area contributed by atoms with Gasteiger partial charge in [0.25, 0.3) is 0 Å². The lowest BCUT2D eigenvalue weighted by atomic mass is 9.94. The summed E-state index contributed by atoms with van der Waals surface area (Å²) < 4.78 is 10.4. The number of carbonyl (C=O) groups is 4. The Kier molecular flexibility index (Phi) is 6.34. The number of hydrogen-bond acceptors (Lipinski definition) is 8. The number of phenolic OH excluding ortho intramolecular Hbond substituents is 2. The van der Waals surface area contributed by atoms with Crippen molar-refractivity contribution < 1.29 is 38.9 Å². The molecule has 0 radical (unpaired) electrons. The van der Waals surface area contributed by atoms with Crippen LogP contribution < -0.4 is 9.47 Å². The normalized spacial score (nSPS) is 10.3. The smallest absolute Gasteiger partial charge is 0.237 e. The zero-order valence-corrected chi connectivity index (χ0v) is 17.1. The van der Waals surface area contributed by atoms with E-state index in [0.717, 1.165) is 6.07 Å². The Balaban J connectivity index is 2.05. The molecule has 0 fully saturated rings. The molecule has 3 aromatic carbocycles. The van der Waals surface area contributed by atoms with Crippen LogP contribution in [0, 0.1) is 0 Å². The number of ketones is 4. The van der Waals surface area contributed by atoms with E-state index in [4.69, 9.17) is 9.47 Å². The van der Waals surface area contributed by atoms with E-state index in [-0.39, 0.29) is 45.3 Å². The molecule has 0 atom stereocenters. The van der Waals surface area contributed by atoms with Gasteiger partial charge >= 0.3 is 0 Å². The Labute approximate surface area is 182 Å². The van der Waals surface area contributed by atoms with Crippen LogP contribution in [-0.2, 0) is 0 Å². The van der Waals surface area contributed by atoms with Gasteiger partial charge in [0.05, 0.1) is 25.3 Å². The van der Waals surface area contributed by atoms with Crippen molar-refractivity contribution >= 4 is 23.1 Å². The Morgan fingerprint density at radius 1 is 0.562 bits per heavy atom. The lowest BCUT2D eigenvalue weighted by Crippen LogP contribution is -2.19. The van der Waals surface area contributed by atoms with Gasteiger partial charge in [0.1, 0.15) is 23.0 Å². The molecule has 8 nitrogen and oxygen atoms in total. The summed E-state index contributed by atoms with van der Waals surface area (Å²) in [5.74, 6) is -3.91. The van der Waals surface area contributed by atoms with Crippen molar-refractivity contribution in [1.82, 2.24) is 0 Å². The molecular weight excluding hydrogens is 416 g/mol. The number of carbonyl (C=O) groups excluding carboxylic acids is 4. The second kappa shape index (κ2) is 9.13. The zero-order chi connectivity index (χ0) is 23.4. The molecule has 0 aromatic heterocycles. The van der Waals surface area contributed by atoms with Gasteiger partial charge in [0.15, 0.2) is 0 Å². The van der Waals surface area contributed by atoms with E-state index in [0.29, 0.717) is 0 Å². The molecule has 0 aliphatic carbocycles. The van der Waals surface area contributed by atoms with Gasteiger partial charge in [0, 0.05) is 17.2 Å². The largest absolute Gasteiger partial charge is 0.508 e. The number of hydrogen-bond donors (Lipinski definition) is 2. The molecule has 0 saturated carbocycles. The van der Waals surface area contributed by atoms with E-state index in [1.54, 1.807) is 0 Å². The van der Waals surface area contributed by atoms with Crippen molar-refractivity contribution in [2.24, 2.45) is 0 Å². The van der Waals surface area contributed by atoms with Gasteiger partial charge in [-0.05, 0) is 54.6 Å². The molecule has 0 saturated heterocycles. The number of aromatic hydroxyl groups is 2. The van der Waals surface area contributed by atoms with Crippen LogP contribution in [0.4, 0.5) is 0 Å². The fourth-order valence-corrected chi connectivity index (χ4v) is 2.99. The first-order chi connectivity index (χ1) is 15.3. The number of Topliss-reactive ketones (excluding diaryl/α,β-unsaturated/α-hetero) is 4. The highest BCUT2D eigenvalue weighted by Crippen LogP contribution is 2.31. The van der Waals surface area contributed by atoms with Gasteiger partial charge in [-0.3, -0.25) is 19.2 Å². The first-order valence-electron chi connectivity index (χ1n) is 9.29. The third-order valence-electron chi connectivity index (χ3n) is 4.68. The van der Waals surface area contributed by atoms with E-state index < -0.39 is 23.1 Å². The topological polar surface area (TPSA) is 127 Å². The predicted octanol–water partition coefficient (Wildman–Crippen LogP) is 3.25. The van der Waals surface area contributed by atoms with Crippen LogP contribution >= 0.6 is 0 Å². The third kappa shape index (κ3) is 4.34. The second-order valence-electron chi connectivity index (χ2n) is 6.66. The number of rotatable bonds is 8. The van der Waals surface area contributed by atoms with Crippen LogP contribution in [0.5, 0.6) is 23.0 Å². The van der Waals surface area contributed by atoms with Gasteiger partial charge in [0.2, 0.25) is 23.1 Å². The minimum atomic E-state index is -0.971. The summed E-state index contributed by atoms with van der Waals surface area (Å²) >= 11 is 0. The van der Waals surface area contributed by atoms with Crippen LogP contribution in [-0.4, -0.2) is 47.6 Å². The Morgan fingerprint density at radius 3 is 1.22 bits per heavy atom. The molecule has 3 rings (SSSR count). The molecule has 0 amide bonds. The standard InChI is InChI=1S/C24H18O8/c1-31-19-12-20(32-2)18(24(30)22(28)14-5-9-16(26)10-6-14)11-17(19)23(29)21(27)13-3-7-15(25)8-4-13/h3-12,25-26H,1-2H3. The summed E-state index contributed by atoms with van der Waals surface area (Å²) in [6.07, 6.45) is 0. The fraction of sp³-hybridized carbons (Fsp3) is 0.0833. The maximum absolute atomic E-state index is 12.9. The second-order valence-corrected chi connectivity index (χ2v) is 6.66. The summed E-state index contributed by atoms with van der Waals surface area (Å²) in [5, 5.41) is 18.8. The highest BCUT2D eigenvalue weighted by molar-refractivity contribution is 6.52. The Morgan fingerprint density at radius 2 is 0.906 bits per heavy atom. The minimum Gasteiger partial charge on any atom is -0.508 e. The lowest BCUT2D eigenvalue weighted by molar-refractivity contribution is 0.0810. The van der Waals surface area contributed by atoms with Gasteiger partial charge in [-0.2, -0.15) is 0 Å². The molecule has 2 N–H and O–H groups in total. The number of benzene rings is 3.